The number of nitrogens with two attached hydrogens (primary N) is 1. The summed E-state index contributed by atoms with van der Waals surface area (Å²) in [6, 6.07) is -0.520. The Balaban J connectivity index is 2.09. The zero-order valence-corrected chi connectivity index (χ0v) is 10.6. The SMILES string of the molecule is CCn1cc(N)c(C(=O)NC2C=CS(=O)(=O)C2)n1. The molecular weight excluding hydrogens is 256 g/mol. The first-order valence-electron chi connectivity index (χ1n) is 5.46. The molecule has 0 radical (unpaired) electrons. The van der Waals surface area contributed by atoms with Crippen LogP contribution in [0.4, 0.5) is 5.69 Å². The number of hydrogen-bond donors (Lipinski definition) is 2. The molecule has 8 heteroatoms. The zero-order chi connectivity index (χ0) is 13.3. The number of nitrogens with one attached hydrogen (secondary N) is 1. The van der Waals surface area contributed by atoms with E-state index in [1.54, 1.807) is 10.9 Å². The fourth-order valence-electron chi connectivity index (χ4n) is 1.68. The van der Waals surface area contributed by atoms with Crippen LogP contribution < -0.4 is 11.1 Å². The summed E-state index contributed by atoms with van der Waals surface area (Å²) in [5, 5.41) is 7.68. The number of nitrogen functional groups attached to an aromatic ring is 1. The number of aryl methyl sites for hydroxylation is 1. The minimum Gasteiger partial charge on any atom is -0.396 e. The maximum atomic E-state index is 11.9. The van der Waals surface area contributed by atoms with Crippen molar-refractivity contribution in [3.63, 3.8) is 0 Å². The van der Waals surface area contributed by atoms with Crippen molar-refractivity contribution < 1.29 is 13.2 Å². The zero-order valence-electron chi connectivity index (χ0n) is 9.83. The number of amides is 1. The normalized spacial score (nSPS) is 21.1. The van der Waals surface area contributed by atoms with Crippen LogP contribution in [0.2, 0.25) is 0 Å². The number of hydrogen-bond acceptors (Lipinski definition) is 5. The van der Waals surface area contributed by atoms with Gasteiger partial charge < -0.3 is 11.1 Å². The third-order valence-electron chi connectivity index (χ3n) is 2.58. The number of rotatable bonds is 3. The van der Waals surface area contributed by atoms with Crippen molar-refractivity contribution in [3.05, 3.63) is 23.4 Å². The van der Waals surface area contributed by atoms with E-state index in [0.29, 0.717) is 6.54 Å². The Bertz CT molecular complexity index is 603. The van der Waals surface area contributed by atoms with Gasteiger partial charge in [-0.15, -0.1) is 0 Å². The minimum absolute atomic E-state index is 0.118. The lowest BCUT2D eigenvalue weighted by Gasteiger charge is -2.08. The number of nitrogens with zero attached hydrogens (tertiary/aromatic N) is 2. The van der Waals surface area contributed by atoms with Gasteiger partial charge in [-0.3, -0.25) is 9.48 Å². The molecule has 1 amide bonds. The Kier molecular flexibility index (Phi) is 3.12. The van der Waals surface area contributed by atoms with Gasteiger partial charge in [-0.25, -0.2) is 8.42 Å². The van der Waals surface area contributed by atoms with E-state index in [4.69, 9.17) is 5.73 Å². The summed E-state index contributed by atoms with van der Waals surface area (Å²) >= 11 is 0. The van der Waals surface area contributed by atoms with Crippen LogP contribution in [0.15, 0.2) is 17.7 Å². The molecule has 1 aliphatic heterocycles. The minimum atomic E-state index is -3.18. The second-order valence-corrected chi connectivity index (χ2v) is 5.96. The molecule has 0 aliphatic carbocycles. The van der Waals surface area contributed by atoms with E-state index in [9.17, 15) is 13.2 Å². The van der Waals surface area contributed by atoms with Gasteiger partial charge in [0.1, 0.15) is 0 Å². The molecule has 0 aromatic carbocycles. The molecule has 98 valence electrons. The number of carbonyl (C=O) groups excluding carboxylic acids is 1. The van der Waals surface area contributed by atoms with E-state index < -0.39 is 21.8 Å². The van der Waals surface area contributed by atoms with E-state index in [2.05, 4.69) is 10.4 Å². The molecule has 7 nitrogen and oxygen atoms in total. The van der Waals surface area contributed by atoms with Crippen molar-refractivity contribution in [2.75, 3.05) is 11.5 Å². The van der Waals surface area contributed by atoms with Crippen LogP contribution in [0.5, 0.6) is 0 Å². The second kappa shape index (κ2) is 4.45. The molecule has 0 saturated carbocycles. The van der Waals surface area contributed by atoms with Gasteiger partial charge in [0.2, 0.25) is 0 Å². The first kappa shape index (κ1) is 12.6. The molecule has 0 saturated heterocycles. The van der Waals surface area contributed by atoms with Crippen molar-refractivity contribution in [3.8, 4) is 0 Å². The molecule has 18 heavy (non-hydrogen) atoms. The standard InChI is InChI=1S/C10H14N4O3S/c1-2-14-5-8(11)9(13-14)10(15)12-7-3-4-18(16,17)6-7/h3-5,7H,2,6,11H2,1H3,(H,12,15). The highest BCUT2D eigenvalue weighted by Crippen LogP contribution is 2.12. The Morgan fingerprint density at radius 1 is 1.67 bits per heavy atom. The van der Waals surface area contributed by atoms with Gasteiger partial charge in [0.05, 0.1) is 17.5 Å². The van der Waals surface area contributed by atoms with Gasteiger partial charge in [-0.2, -0.15) is 5.10 Å². The number of sulfone groups is 1. The van der Waals surface area contributed by atoms with E-state index >= 15 is 0 Å². The lowest BCUT2D eigenvalue weighted by Crippen LogP contribution is -2.36. The topological polar surface area (TPSA) is 107 Å². The summed E-state index contributed by atoms with van der Waals surface area (Å²) in [6.07, 6.45) is 3.01. The fourth-order valence-corrected chi connectivity index (χ4v) is 2.91. The monoisotopic (exact) mass is 270 g/mol. The Morgan fingerprint density at radius 3 is 2.89 bits per heavy atom. The highest BCUT2D eigenvalue weighted by Gasteiger charge is 2.25. The van der Waals surface area contributed by atoms with Crippen molar-refractivity contribution in [2.45, 2.75) is 19.5 Å². The predicted octanol–water partition coefficient (Wildman–Crippen LogP) is -0.474. The molecule has 1 atom stereocenters. The predicted molar refractivity (Wildman–Crippen MR) is 66.5 cm³/mol. The first-order valence-corrected chi connectivity index (χ1v) is 7.17. The van der Waals surface area contributed by atoms with Crippen molar-refractivity contribution >= 4 is 21.4 Å². The fraction of sp³-hybridized carbons (Fsp3) is 0.400. The molecule has 3 N–H and O–H groups in total. The Morgan fingerprint density at radius 2 is 2.39 bits per heavy atom. The summed E-state index contributed by atoms with van der Waals surface area (Å²) < 4.78 is 23.9. The summed E-state index contributed by atoms with van der Waals surface area (Å²) in [5.41, 5.74) is 6.06. The van der Waals surface area contributed by atoms with Crippen LogP contribution in [-0.2, 0) is 16.4 Å². The lowest BCUT2D eigenvalue weighted by molar-refractivity contribution is 0.0942. The third-order valence-corrected chi connectivity index (χ3v) is 3.97. The van der Waals surface area contributed by atoms with Crippen LogP contribution >= 0.6 is 0 Å². The quantitative estimate of drug-likeness (QED) is 0.771. The maximum absolute atomic E-state index is 11.9. The summed E-state index contributed by atoms with van der Waals surface area (Å²) in [7, 11) is -3.18. The summed E-state index contributed by atoms with van der Waals surface area (Å²) in [6.45, 7) is 2.48. The Labute approximate surface area is 105 Å². The average Bonchev–Trinajstić information content (AvgIpc) is 2.81. The smallest absolute Gasteiger partial charge is 0.274 e. The molecule has 1 unspecified atom stereocenters. The highest BCUT2D eigenvalue weighted by atomic mass is 32.2. The molecule has 1 aromatic heterocycles. The Hall–Kier alpha value is -1.83. The molecule has 0 bridgehead atoms. The molecule has 0 fully saturated rings. The maximum Gasteiger partial charge on any atom is 0.274 e. The number of aromatic nitrogens is 2. The van der Waals surface area contributed by atoms with E-state index in [-0.39, 0.29) is 17.1 Å². The van der Waals surface area contributed by atoms with Crippen LogP contribution in [0.3, 0.4) is 0 Å². The van der Waals surface area contributed by atoms with Gasteiger partial charge in [-0.1, -0.05) is 0 Å². The van der Waals surface area contributed by atoms with Gasteiger partial charge in [-0.05, 0) is 13.0 Å². The molecule has 1 aromatic rings. The molecular formula is C10H14N4O3S. The third kappa shape index (κ3) is 2.53. The van der Waals surface area contributed by atoms with Crippen LogP contribution in [-0.4, -0.2) is 35.9 Å². The first-order chi connectivity index (χ1) is 8.41. The van der Waals surface area contributed by atoms with Gasteiger partial charge in [0.25, 0.3) is 5.91 Å². The second-order valence-electron chi connectivity index (χ2n) is 4.03. The van der Waals surface area contributed by atoms with Crippen molar-refractivity contribution in [1.82, 2.24) is 15.1 Å². The molecule has 0 spiro atoms. The number of anilines is 1. The molecule has 1 aliphatic rings. The lowest BCUT2D eigenvalue weighted by atomic mass is 10.3. The van der Waals surface area contributed by atoms with Crippen molar-refractivity contribution in [1.29, 1.82) is 0 Å². The van der Waals surface area contributed by atoms with Crippen LogP contribution in [0, 0.1) is 0 Å². The van der Waals surface area contributed by atoms with Gasteiger partial charge in [0.15, 0.2) is 15.5 Å². The highest BCUT2D eigenvalue weighted by molar-refractivity contribution is 7.94. The average molecular weight is 270 g/mol. The van der Waals surface area contributed by atoms with Crippen LogP contribution in [0.1, 0.15) is 17.4 Å². The van der Waals surface area contributed by atoms with E-state index in [1.165, 1.54) is 6.08 Å². The van der Waals surface area contributed by atoms with E-state index in [1.807, 2.05) is 6.92 Å². The molecule has 2 rings (SSSR count). The van der Waals surface area contributed by atoms with Gasteiger partial charge in [0, 0.05) is 18.1 Å². The largest absolute Gasteiger partial charge is 0.396 e. The molecule has 2 heterocycles. The van der Waals surface area contributed by atoms with Gasteiger partial charge >= 0.3 is 0 Å². The summed E-state index contributed by atoms with van der Waals surface area (Å²) in [5.74, 6) is -0.584. The number of carbonyl (C=O) groups is 1. The summed E-state index contributed by atoms with van der Waals surface area (Å²) in [4.78, 5) is 11.9. The van der Waals surface area contributed by atoms with Crippen LogP contribution in [0.25, 0.3) is 0 Å². The van der Waals surface area contributed by atoms with Crippen molar-refractivity contribution in [2.24, 2.45) is 0 Å². The van der Waals surface area contributed by atoms with E-state index in [0.717, 1.165) is 5.41 Å².